The van der Waals surface area contributed by atoms with Crippen molar-refractivity contribution in [3.8, 4) is 0 Å². The van der Waals surface area contributed by atoms with Crippen molar-refractivity contribution in [3.63, 3.8) is 0 Å². The second-order valence-electron chi connectivity index (χ2n) is 5.89. The molecule has 1 saturated heterocycles. The molecule has 1 N–H and O–H groups in total. The van der Waals surface area contributed by atoms with E-state index < -0.39 is 0 Å². The standard InChI is InChI=1S/C17H23N5OS2/c1-3-21-8-10-22(11-9-21)15-6-4-14(5-7-15)18-16(23)12-24-17-20-19-13(2)25-17/h4-7H,3,8-12H2,1-2H3,(H,18,23). The second kappa shape index (κ2) is 8.64. The summed E-state index contributed by atoms with van der Waals surface area (Å²) >= 11 is 2.92. The maximum absolute atomic E-state index is 12.1. The number of amides is 1. The van der Waals surface area contributed by atoms with E-state index in [0.29, 0.717) is 5.75 Å². The predicted molar refractivity (Wildman–Crippen MR) is 105 cm³/mol. The van der Waals surface area contributed by atoms with Crippen LogP contribution >= 0.6 is 23.1 Å². The minimum absolute atomic E-state index is 0.0258. The third-order valence-corrected chi connectivity index (χ3v) is 6.14. The number of thioether (sulfide) groups is 1. The minimum Gasteiger partial charge on any atom is -0.369 e. The zero-order valence-electron chi connectivity index (χ0n) is 14.6. The lowest BCUT2D eigenvalue weighted by molar-refractivity contribution is -0.113. The van der Waals surface area contributed by atoms with Gasteiger partial charge in [-0.1, -0.05) is 30.0 Å². The lowest BCUT2D eigenvalue weighted by Crippen LogP contribution is -2.46. The lowest BCUT2D eigenvalue weighted by Gasteiger charge is -2.35. The first-order valence-corrected chi connectivity index (χ1v) is 10.2. The number of nitrogens with zero attached hydrogens (tertiary/aromatic N) is 4. The van der Waals surface area contributed by atoms with Gasteiger partial charge in [-0.05, 0) is 37.7 Å². The van der Waals surface area contributed by atoms with E-state index in [-0.39, 0.29) is 5.91 Å². The van der Waals surface area contributed by atoms with Crippen LogP contribution in [0.15, 0.2) is 28.6 Å². The van der Waals surface area contributed by atoms with Crippen molar-refractivity contribution in [1.82, 2.24) is 15.1 Å². The maximum Gasteiger partial charge on any atom is 0.234 e. The van der Waals surface area contributed by atoms with Gasteiger partial charge in [-0.2, -0.15) is 0 Å². The SMILES string of the molecule is CCN1CCN(c2ccc(NC(=O)CSc3nnc(C)s3)cc2)CC1. The summed E-state index contributed by atoms with van der Waals surface area (Å²) in [4.78, 5) is 16.9. The van der Waals surface area contributed by atoms with Crippen molar-refractivity contribution >= 4 is 40.4 Å². The molecule has 0 unspecified atom stereocenters. The topological polar surface area (TPSA) is 61.4 Å². The molecule has 1 fully saturated rings. The summed E-state index contributed by atoms with van der Waals surface area (Å²) in [5.74, 6) is 0.317. The molecule has 0 radical (unpaired) electrons. The molecule has 2 heterocycles. The van der Waals surface area contributed by atoms with Crippen molar-refractivity contribution < 1.29 is 4.79 Å². The highest BCUT2D eigenvalue weighted by molar-refractivity contribution is 8.01. The first-order valence-electron chi connectivity index (χ1n) is 8.44. The van der Waals surface area contributed by atoms with Crippen LogP contribution in [0.2, 0.25) is 0 Å². The summed E-state index contributed by atoms with van der Waals surface area (Å²) in [6.07, 6.45) is 0. The summed E-state index contributed by atoms with van der Waals surface area (Å²) < 4.78 is 0.828. The number of piperazine rings is 1. The molecule has 0 spiro atoms. The summed E-state index contributed by atoms with van der Waals surface area (Å²) in [5, 5.41) is 11.8. The van der Waals surface area contributed by atoms with Gasteiger partial charge >= 0.3 is 0 Å². The maximum atomic E-state index is 12.1. The normalized spacial score (nSPS) is 15.4. The Labute approximate surface area is 156 Å². The lowest BCUT2D eigenvalue weighted by atomic mass is 10.2. The second-order valence-corrected chi connectivity index (χ2v) is 8.30. The highest BCUT2D eigenvalue weighted by atomic mass is 32.2. The van der Waals surface area contributed by atoms with Gasteiger partial charge in [0.1, 0.15) is 5.01 Å². The number of hydrogen-bond acceptors (Lipinski definition) is 7. The molecule has 6 nitrogen and oxygen atoms in total. The first kappa shape index (κ1) is 18.2. The number of benzene rings is 1. The van der Waals surface area contributed by atoms with E-state index in [4.69, 9.17) is 0 Å². The third-order valence-electron chi connectivity index (χ3n) is 4.17. The summed E-state index contributed by atoms with van der Waals surface area (Å²) in [6, 6.07) is 8.11. The largest absolute Gasteiger partial charge is 0.369 e. The number of aromatic nitrogens is 2. The van der Waals surface area contributed by atoms with Gasteiger partial charge < -0.3 is 15.1 Å². The molecule has 2 aromatic rings. The Bertz CT molecular complexity index is 695. The quantitative estimate of drug-likeness (QED) is 0.781. The van der Waals surface area contributed by atoms with Gasteiger partial charge in [0.25, 0.3) is 0 Å². The van der Waals surface area contributed by atoms with Crippen molar-refractivity contribution in [2.75, 3.05) is 48.7 Å². The van der Waals surface area contributed by atoms with Crippen LogP contribution in [0.3, 0.4) is 0 Å². The number of nitrogens with one attached hydrogen (secondary N) is 1. The van der Waals surface area contributed by atoms with Crippen molar-refractivity contribution in [2.45, 2.75) is 18.2 Å². The van der Waals surface area contributed by atoms with E-state index in [1.165, 1.54) is 28.8 Å². The van der Waals surface area contributed by atoms with E-state index in [9.17, 15) is 4.79 Å². The van der Waals surface area contributed by atoms with Crippen LogP contribution in [-0.4, -0.2) is 59.5 Å². The zero-order chi connectivity index (χ0) is 17.6. The average Bonchev–Trinajstić information content (AvgIpc) is 3.06. The molecule has 0 atom stereocenters. The zero-order valence-corrected chi connectivity index (χ0v) is 16.2. The van der Waals surface area contributed by atoms with Gasteiger partial charge in [0.05, 0.1) is 5.75 Å². The molecule has 1 aromatic carbocycles. The van der Waals surface area contributed by atoms with Crippen LogP contribution in [0.4, 0.5) is 11.4 Å². The van der Waals surface area contributed by atoms with Gasteiger partial charge in [0.15, 0.2) is 4.34 Å². The molecule has 1 aliphatic heterocycles. The Morgan fingerprint density at radius 3 is 2.52 bits per heavy atom. The highest BCUT2D eigenvalue weighted by Crippen LogP contribution is 2.23. The summed E-state index contributed by atoms with van der Waals surface area (Å²) in [6.45, 7) is 9.56. The van der Waals surface area contributed by atoms with Crippen molar-refractivity contribution in [1.29, 1.82) is 0 Å². The van der Waals surface area contributed by atoms with Gasteiger partial charge in [-0.3, -0.25) is 4.79 Å². The molecule has 0 bridgehead atoms. The fraction of sp³-hybridized carbons (Fsp3) is 0.471. The van der Waals surface area contributed by atoms with Crippen LogP contribution < -0.4 is 10.2 Å². The molecule has 25 heavy (non-hydrogen) atoms. The Hall–Kier alpha value is -1.64. The number of carbonyl (C=O) groups excluding carboxylic acids is 1. The summed E-state index contributed by atoms with van der Waals surface area (Å²) in [5.41, 5.74) is 2.04. The molecule has 3 rings (SSSR count). The van der Waals surface area contributed by atoms with Gasteiger partial charge in [0.2, 0.25) is 5.91 Å². The fourth-order valence-electron chi connectivity index (χ4n) is 2.74. The Balaban J connectivity index is 1.48. The molecule has 134 valence electrons. The molecular formula is C17H23N5OS2. The molecular weight excluding hydrogens is 354 g/mol. The number of aryl methyl sites for hydroxylation is 1. The number of anilines is 2. The minimum atomic E-state index is -0.0258. The molecule has 1 aromatic heterocycles. The molecule has 1 amide bonds. The first-order chi connectivity index (χ1) is 12.1. The van der Waals surface area contributed by atoms with Crippen LogP contribution in [0, 0.1) is 6.92 Å². The molecule has 8 heteroatoms. The van der Waals surface area contributed by atoms with Crippen LogP contribution in [0.25, 0.3) is 0 Å². The van der Waals surface area contributed by atoms with Crippen molar-refractivity contribution in [3.05, 3.63) is 29.3 Å². The molecule has 0 saturated carbocycles. The number of likely N-dealkylation sites (N-methyl/N-ethyl adjacent to an activating group) is 1. The Morgan fingerprint density at radius 1 is 1.20 bits per heavy atom. The molecule has 1 aliphatic rings. The van der Waals surface area contributed by atoms with E-state index in [2.05, 4.69) is 44.4 Å². The van der Waals surface area contributed by atoms with Gasteiger partial charge in [-0.15, -0.1) is 10.2 Å². The van der Waals surface area contributed by atoms with E-state index in [1.807, 2.05) is 19.1 Å². The smallest absolute Gasteiger partial charge is 0.234 e. The Kier molecular flexibility index (Phi) is 6.28. The predicted octanol–water partition coefficient (Wildman–Crippen LogP) is 2.72. The number of hydrogen-bond donors (Lipinski definition) is 1. The fourth-order valence-corrected chi connectivity index (χ4v) is 4.35. The number of rotatable bonds is 6. The van der Waals surface area contributed by atoms with Gasteiger partial charge in [0, 0.05) is 37.6 Å². The Morgan fingerprint density at radius 2 is 1.92 bits per heavy atom. The monoisotopic (exact) mass is 377 g/mol. The third kappa shape index (κ3) is 5.17. The van der Waals surface area contributed by atoms with E-state index in [1.54, 1.807) is 0 Å². The van der Waals surface area contributed by atoms with E-state index >= 15 is 0 Å². The van der Waals surface area contributed by atoms with Crippen molar-refractivity contribution in [2.24, 2.45) is 0 Å². The van der Waals surface area contributed by atoms with Crippen LogP contribution in [0.5, 0.6) is 0 Å². The number of carbonyl (C=O) groups is 1. The average molecular weight is 378 g/mol. The molecule has 0 aliphatic carbocycles. The van der Waals surface area contributed by atoms with E-state index in [0.717, 1.165) is 47.8 Å². The van der Waals surface area contributed by atoms with Gasteiger partial charge in [-0.25, -0.2) is 0 Å². The summed E-state index contributed by atoms with van der Waals surface area (Å²) in [7, 11) is 0. The highest BCUT2D eigenvalue weighted by Gasteiger charge is 2.15. The van der Waals surface area contributed by atoms with Crippen LogP contribution in [-0.2, 0) is 4.79 Å². The van der Waals surface area contributed by atoms with Crippen LogP contribution in [0.1, 0.15) is 11.9 Å².